The van der Waals surface area contributed by atoms with Crippen molar-refractivity contribution in [2.24, 2.45) is 0 Å². The van der Waals surface area contributed by atoms with Crippen LogP contribution in [0.1, 0.15) is 0 Å². The van der Waals surface area contributed by atoms with Gasteiger partial charge >= 0.3 is 0 Å². The molecule has 248 valence electrons. The number of fused-ring (bicyclic) bond motifs is 5. The molecule has 0 aliphatic carbocycles. The van der Waals surface area contributed by atoms with Gasteiger partial charge in [0.2, 0.25) is 0 Å². The molecule has 0 unspecified atom stereocenters. The number of pyridine rings is 2. The molecule has 0 saturated heterocycles. The molecule has 6 nitrogen and oxygen atoms in total. The average Bonchev–Trinajstić information content (AvgIpc) is 3.63. The van der Waals surface area contributed by atoms with Crippen LogP contribution >= 0.6 is 0 Å². The van der Waals surface area contributed by atoms with Gasteiger partial charge in [0.25, 0.3) is 0 Å². The second-order valence-corrected chi connectivity index (χ2v) is 13.0. The van der Waals surface area contributed by atoms with Gasteiger partial charge < -0.3 is 4.42 Å². The predicted molar refractivity (Wildman–Crippen MR) is 213 cm³/mol. The molecule has 0 N–H and O–H groups in total. The lowest BCUT2D eigenvalue weighted by Crippen LogP contribution is -2.00. The van der Waals surface area contributed by atoms with E-state index in [-0.39, 0.29) is 0 Å². The number of hydrogen-bond donors (Lipinski definition) is 0. The van der Waals surface area contributed by atoms with Gasteiger partial charge in [-0.3, -0.25) is 9.97 Å². The third-order valence-electron chi connectivity index (χ3n) is 9.65. The molecule has 0 radical (unpaired) electrons. The minimum absolute atomic E-state index is 0.619. The number of aromatic nitrogens is 5. The molecule has 4 heterocycles. The van der Waals surface area contributed by atoms with Crippen molar-refractivity contribution in [3.63, 3.8) is 0 Å². The van der Waals surface area contributed by atoms with Gasteiger partial charge in [0.15, 0.2) is 23.1 Å². The Hall–Kier alpha value is -7.31. The summed E-state index contributed by atoms with van der Waals surface area (Å²) in [6.07, 6.45) is 3.70. The number of rotatable bonds is 6. The van der Waals surface area contributed by atoms with E-state index in [4.69, 9.17) is 24.4 Å². The van der Waals surface area contributed by atoms with Crippen molar-refractivity contribution in [2.45, 2.75) is 0 Å². The molecule has 0 atom stereocenters. The van der Waals surface area contributed by atoms with E-state index < -0.39 is 0 Å². The van der Waals surface area contributed by atoms with Crippen molar-refractivity contribution in [1.82, 2.24) is 24.9 Å². The van der Waals surface area contributed by atoms with Crippen LogP contribution in [0.3, 0.4) is 0 Å². The number of nitrogens with zero attached hydrogens (tertiary/aromatic N) is 5. The lowest BCUT2D eigenvalue weighted by Gasteiger charge is -2.10. The zero-order valence-electron chi connectivity index (χ0n) is 28.4. The highest BCUT2D eigenvalue weighted by atomic mass is 16.3. The van der Waals surface area contributed by atoms with Gasteiger partial charge in [-0.25, -0.2) is 15.0 Å². The van der Waals surface area contributed by atoms with Gasteiger partial charge in [0.1, 0.15) is 5.58 Å². The Kier molecular flexibility index (Phi) is 7.36. The molecule has 53 heavy (non-hydrogen) atoms. The molecule has 0 amide bonds. The van der Waals surface area contributed by atoms with Gasteiger partial charge in [-0.1, -0.05) is 140 Å². The lowest BCUT2D eigenvalue weighted by molar-refractivity contribution is 0.670. The number of hydrogen-bond acceptors (Lipinski definition) is 6. The fourth-order valence-electron chi connectivity index (χ4n) is 6.88. The monoisotopic (exact) mass is 679 g/mol. The lowest BCUT2D eigenvalue weighted by atomic mass is 9.99. The largest absolute Gasteiger partial charge is 0.454 e. The van der Waals surface area contributed by atoms with Crippen molar-refractivity contribution in [3.05, 3.63) is 176 Å². The Morgan fingerprint density at radius 3 is 1.53 bits per heavy atom. The van der Waals surface area contributed by atoms with Crippen LogP contribution in [-0.2, 0) is 0 Å². The normalized spacial score (nSPS) is 11.4. The molecule has 0 aliphatic heterocycles. The van der Waals surface area contributed by atoms with E-state index in [1.807, 2.05) is 73.1 Å². The SMILES string of the molecule is c1ccc(-c2ccc(-c3nc(-c4ccccc4)nc(-c4ccc(-c5cccc(-c6cc7c(cn6)oc6c8ccccc8ncc76)c5)cc4)n3)cc2)cc1. The topological polar surface area (TPSA) is 77.6 Å². The Balaban J connectivity index is 0.983. The molecule has 0 spiro atoms. The molecule has 0 fully saturated rings. The summed E-state index contributed by atoms with van der Waals surface area (Å²) in [6, 6.07) is 55.8. The molecule has 10 aromatic rings. The highest BCUT2D eigenvalue weighted by Crippen LogP contribution is 2.35. The Bertz CT molecular complexity index is 2920. The van der Waals surface area contributed by atoms with Crippen LogP contribution in [0.5, 0.6) is 0 Å². The summed E-state index contributed by atoms with van der Waals surface area (Å²) in [5.74, 6) is 1.88. The Labute approximate surface area is 305 Å². The molecular formula is C47H29N5O. The van der Waals surface area contributed by atoms with E-state index in [9.17, 15) is 0 Å². The molecule has 6 heteroatoms. The summed E-state index contributed by atoms with van der Waals surface area (Å²) in [7, 11) is 0. The average molecular weight is 680 g/mol. The standard InChI is InChI=1S/C47H29N5O/c1-3-10-30(11-4-1)31-18-22-34(23-19-31)46-50-45(33-12-5-2-6-13-33)51-47(52-46)35-24-20-32(21-25-35)36-14-9-15-37(26-36)42-27-39-40-28-48-41-17-8-7-16-38(41)44(40)53-43(39)29-49-42/h1-29H. The summed E-state index contributed by atoms with van der Waals surface area (Å²) in [5.41, 5.74) is 11.6. The molecule has 0 bridgehead atoms. The van der Waals surface area contributed by atoms with Gasteiger partial charge in [-0.05, 0) is 46.5 Å². The second-order valence-electron chi connectivity index (χ2n) is 13.0. The third-order valence-corrected chi connectivity index (χ3v) is 9.65. The van der Waals surface area contributed by atoms with Crippen molar-refractivity contribution in [1.29, 1.82) is 0 Å². The first-order chi connectivity index (χ1) is 26.2. The van der Waals surface area contributed by atoms with E-state index in [1.54, 1.807) is 0 Å². The van der Waals surface area contributed by atoms with E-state index in [1.165, 1.54) is 5.56 Å². The van der Waals surface area contributed by atoms with Crippen LogP contribution in [0.4, 0.5) is 0 Å². The number of para-hydroxylation sites is 1. The van der Waals surface area contributed by atoms with Crippen LogP contribution < -0.4 is 0 Å². The first-order valence-electron chi connectivity index (χ1n) is 17.5. The fraction of sp³-hybridized carbons (Fsp3) is 0. The van der Waals surface area contributed by atoms with Crippen LogP contribution in [0.25, 0.3) is 101 Å². The van der Waals surface area contributed by atoms with Crippen molar-refractivity contribution in [3.8, 4) is 67.7 Å². The van der Waals surface area contributed by atoms with E-state index >= 15 is 0 Å². The fourth-order valence-corrected chi connectivity index (χ4v) is 6.88. The molecular weight excluding hydrogens is 651 g/mol. The maximum atomic E-state index is 6.27. The van der Waals surface area contributed by atoms with Crippen LogP contribution in [-0.4, -0.2) is 24.9 Å². The van der Waals surface area contributed by atoms with Crippen molar-refractivity contribution in [2.75, 3.05) is 0 Å². The Morgan fingerprint density at radius 2 is 0.849 bits per heavy atom. The van der Waals surface area contributed by atoms with Gasteiger partial charge in [-0.15, -0.1) is 0 Å². The van der Waals surface area contributed by atoms with Gasteiger partial charge in [0.05, 0.1) is 17.4 Å². The second kappa shape index (κ2) is 12.8. The maximum absolute atomic E-state index is 6.27. The minimum Gasteiger partial charge on any atom is -0.454 e. The summed E-state index contributed by atoms with van der Waals surface area (Å²) < 4.78 is 6.27. The Morgan fingerprint density at radius 1 is 0.340 bits per heavy atom. The maximum Gasteiger partial charge on any atom is 0.164 e. The van der Waals surface area contributed by atoms with Crippen molar-refractivity contribution < 1.29 is 4.42 Å². The summed E-state index contributed by atoms with van der Waals surface area (Å²) in [4.78, 5) is 24.3. The smallest absolute Gasteiger partial charge is 0.164 e. The number of furan rings is 1. The summed E-state index contributed by atoms with van der Waals surface area (Å²) >= 11 is 0. The van der Waals surface area contributed by atoms with Crippen LogP contribution in [0.2, 0.25) is 0 Å². The van der Waals surface area contributed by atoms with Crippen molar-refractivity contribution >= 4 is 32.8 Å². The zero-order valence-corrected chi connectivity index (χ0v) is 28.4. The molecule has 6 aromatic carbocycles. The zero-order chi connectivity index (χ0) is 35.1. The predicted octanol–water partition coefficient (Wildman–Crippen LogP) is 11.7. The van der Waals surface area contributed by atoms with E-state index in [2.05, 4.69) is 108 Å². The third kappa shape index (κ3) is 5.69. The first-order valence-corrected chi connectivity index (χ1v) is 17.5. The van der Waals surface area contributed by atoms with E-state index in [0.29, 0.717) is 17.5 Å². The quantitative estimate of drug-likeness (QED) is 0.174. The highest BCUT2D eigenvalue weighted by molar-refractivity contribution is 6.14. The molecule has 0 saturated carbocycles. The first kappa shape index (κ1) is 30.5. The van der Waals surface area contributed by atoms with Gasteiger partial charge in [0, 0.05) is 44.6 Å². The summed E-state index contributed by atoms with van der Waals surface area (Å²) in [5, 5.41) is 2.97. The molecule has 10 rings (SSSR count). The van der Waals surface area contributed by atoms with Crippen LogP contribution in [0.15, 0.2) is 181 Å². The molecule has 4 aromatic heterocycles. The highest BCUT2D eigenvalue weighted by Gasteiger charge is 2.15. The number of benzene rings is 6. The van der Waals surface area contributed by atoms with E-state index in [0.717, 1.165) is 77.5 Å². The van der Waals surface area contributed by atoms with Crippen LogP contribution in [0, 0.1) is 0 Å². The minimum atomic E-state index is 0.619. The summed E-state index contributed by atoms with van der Waals surface area (Å²) in [6.45, 7) is 0. The van der Waals surface area contributed by atoms with Gasteiger partial charge in [-0.2, -0.15) is 0 Å². The molecule has 0 aliphatic rings.